The number of benzene rings is 2. The smallest absolute Gasteiger partial charge is 0.258 e. The van der Waals surface area contributed by atoms with Crippen LogP contribution in [0.4, 0.5) is 0 Å². The highest BCUT2D eigenvalue weighted by Gasteiger charge is 2.28. The number of phenolic OH excluding ortho intramolecular Hbond substituents is 1. The van der Waals surface area contributed by atoms with E-state index in [9.17, 15) is 14.7 Å². The van der Waals surface area contributed by atoms with E-state index in [1.54, 1.807) is 15.9 Å². The predicted octanol–water partition coefficient (Wildman–Crippen LogP) is 2.31. The number of aliphatic hydroxyl groups excluding tert-OH is 1. The van der Waals surface area contributed by atoms with Gasteiger partial charge in [-0.25, -0.2) is 0 Å². The van der Waals surface area contributed by atoms with Gasteiger partial charge in [0.2, 0.25) is 5.91 Å². The summed E-state index contributed by atoms with van der Waals surface area (Å²) in [6.45, 7) is 2.10. The van der Waals surface area contributed by atoms with Crippen LogP contribution in [0.5, 0.6) is 11.5 Å². The summed E-state index contributed by atoms with van der Waals surface area (Å²) in [6, 6.07) is 8.78. The van der Waals surface area contributed by atoms with Gasteiger partial charge in [0.15, 0.2) is 0 Å². The zero-order valence-corrected chi connectivity index (χ0v) is 18.2. The summed E-state index contributed by atoms with van der Waals surface area (Å²) in [6.07, 6.45) is 2.45. The Kier molecular flexibility index (Phi) is 5.63. The third kappa shape index (κ3) is 4.11. The van der Waals surface area contributed by atoms with Gasteiger partial charge in [-0.05, 0) is 42.2 Å². The summed E-state index contributed by atoms with van der Waals surface area (Å²) >= 11 is 0. The minimum absolute atomic E-state index is 0.0641. The number of hydrogen-bond donors (Lipinski definition) is 3. The molecular weight excluding hydrogens is 424 g/mol. The summed E-state index contributed by atoms with van der Waals surface area (Å²) in [5, 5.41) is 27.5. The van der Waals surface area contributed by atoms with Crippen LogP contribution in [0.1, 0.15) is 46.4 Å². The minimum Gasteiger partial charge on any atom is -0.507 e. The Labute approximate surface area is 190 Å². The topological polar surface area (TPSA) is 119 Å². The lowest BCUT2D eigenvalue weighted by Crippen LogP contribution is -2.34. The number of aromatic amines is 1. The number of nitrogens with zero attached hydrogens (tertiary/aromatic N) is 3. The number of piperidine rings is 1. The first-order chi connectivity index (χ1) is 16.0. The van der Waals surface area contributed by atoms with E-state index in [0.717, 1.165) is 35.0 Å². The van der Waals surface area contributed by atoms with Gasteiger partial charge in [0.25, 0.3) is 5.91 Å². The average molecular weight is 450 g/mol. The van der Waals surface area contributed by atoms with Crippen molar-refractivity contribution in [3.63, 3.8) is 0 Å². The molecular formula is C24H26N4O5. The standard InChI is InChI=1S/C24H26N4O5/c29-7-8-33-17-5-4-15-12-28(13-16(15)9-17)24(32)19-10-18-20(11-22(19)30)25-26-21(18)14-27-6-2-1-3-23(27)31/h4-5,9-11,29-30H,1-3,6-8,12-14H2,(H,25,26). The quantitative estimate of drug-likeness (QED) is 0.530. The second-order valence-corrected chi connectivity index (χ2v) is 8.52. The van der Waals surface area contributed by atoms with Crippen molar-refractivity contribution in [2.75, 3.05) is 19.8 Å². The Morgan fingerprint density at radius 3 is 2.82 bits per heavy atom. The van der Waals surface area contributed by atoms with Gasteiger partial charge in [-0.2, -0.15) is 5.10 Å². The maximum Gasteiger partial charge on any atom is 0.258 e. The van der Waals surface area contributed by atoms with Crippen molar-refractivity contribution in [1.82, 2.24) is 20.0 Å². The molecule has 0 radical (unpaired) electrons. The molecule has 33 heavy (non-hydrogen) atoms. The molecule has 0 spiro atoms. The van der Waals surface area contributed by atoms with Gasteiger partial charge in [-0.1, -0.05) is 6.07 Å². The highest BCUT2D eigenvalue weighted by Crippen LogP contribution is 2.32. The second-order valence-electron chi connectivity index (χ2n) is 8.52. The number of aliphatic hydroxyl groups is 1. The predicted molar refractivity (Wildman–Crippen MR) is 120 cm³/mol. The van der Waals surface area contributed by atoms with Crippen LogP contribution in [0.3, 0.4) is 0 Å². The summed E-state index contributed by atoms with van der Waals surface area (Å²) in [4.78, 5) is 29.0. The number of ether oxygens (including phenoxy) is 1. The third-order valence-electron chi connectivity index (χ3n) is 6.30. The highest BCUT2D eigenvalue weighted by molar-refractivity contribution is 6.01. The van der Waals surface area contributed by atoms with E-state index < -0.39 is 0 Å². The van der Waals surface area contributed by atoms with Crippen molar-refractivity contribution in [3.8, 4) is 11.5 Å². The third-order valence-corrected chi connectivity index (χ3v) is 6.30. The lowest BCUT2D eigenvalue weighted by atomic mass is 10.1. The number of rotatable bonds is 6. The Bertz CT molecular complexity index is 1220. The minimum atomic E-state index is -0.273. The van der Waals surface area contributed by atoms with Gasteiger partial charge in [0.1, 0.15) is 18.1 Å². The number of fused-ring (bicyclic) bond motifs is 2. The first kappa shape index (κ1) is 21.3. The fourth-order valence-electron chi connectivity index (χ4n) is 4.55. The van der Waals surface area contributed by atoms with Gasteiger partial charge < -0.3 is 24.7 Å². The van der Waals surface area contributed by atoms with Crippen molar-refractivity contribution in [3.05, 3.63) is 52.7 Å². The summed E-state index contributed by atoms with van der Waals surface area (Å²) in [7, 11) is 0. The molecule has 1 aromatic heterocycles. The molecule has 2 aliphatic rings. The molecule has 3 heterocycles. The Balaban J connectivity index is 1.38. The monoisotopic (exact) mass is 450 g/mol. The van der Waals surface area contributed by atoms with Crippen LogP contribution < -0.4 is 4.74 Å². The number of likely N-dealkylation sites (tertiary alicyclic amines) is 1. The SMILES string of the molecule is O=C1CCCCN1Cc1[nH]nc2cc(O)c(C(=O)N3Cc4ccc(OCCO)cc4C3)cc12. The van der Waals surface area contributed by atoms with Crippen molar-refractivity contribution in [1.29, 1.82) is 0 Å². The van der Waals surface area contributed by atoms with E-state index in [1.807, 2.05) is 18.2 Å². The van der Waals surface area contributed by atoms with E-state index >= 15 is 0 Å². The molecule has 0 bridgehead atoms. The molecule has 9 nitrogen and oxygen atoms in total. The van der Waals surface area contributed by atoms with Crippen molar-refractivity contribution in [2.45, 2.75) is 38.9 Å². The Hall–Kier alpha value is -3.59. The maximum atomic E-state index is 13.3. The van der Waals surface area contributed by atoms with Gasteiger partial charge in [0.05, 0.1) is 29.9 Å². The summed E-state index contributed by atoms with van der Waals surface area (Å²) in [5.41, 5.74) is 3.52. The van der Waals surface area contributed by atoms with E-state index in [4.69, 9.17) is 9.84 Å². The zero-order chi connectivity index (χ0) is 22.9. The van der Waals surface area contributed by atoms with Gasteiger partial charge in [-0.15, -0.1) is 0 Å². The lowest BCUT2D eigenvalue weighted by molar-refractivity contribution is -0.133. The second kappa shape index (κ2) is 8.74. The highest BCUT2D eigenvalue weighted by atomic mass is 16.5. The van der Waals surface area contributed by atoms with Crippen molar-refractivity contribution >= 4 is 22.7 Å². The first-order valence-corrected chi connectivity index (χ1v) is 11.2. The van der Waals surface area contributed by atoms with E-state index in [2.05, 4.69) is 10.2 Å². The van der Waals surface area contributed by atoms with Gasteiger partial charge in [0, 0.05) is 37.5 Å². The molecule has 172 valence electrons. The number of aromatic hydroxyl groups is 1. The summed E-state index contributed by atoms with van der Waals surface area (Å²) < 4.78 is 5.47. The number of carbonyl (C=O) groups is 2. The van der Waals surface area contributed by atoms with Crippen molar-refractivity contribution in [2.24, 2.45) is 0 Å². The number of phenols is 1. The Morgan fingerprint density at radius 2 is 2.00 bits per heavy atom. The van der Waals surface area contributed by atoms with Gasteiger partial charge >= 0.3 is 0 Å². The van der Waals surface area contributed by atoms with E-state index in [-0.39, 0.29) is 36.3 Å². The zero-order valence-electron chi connectivity index (χ0n) is 18.2. The number of H-pyrrole nitrogens is 1. The largest absolute Gasteiger partial charge is 0.507 e. The van der Waals surface area contributed by atoms with Crippen LogP contribution in [-0.2, 0) is 24.4 Å². The number of hydrogen-bond acceptors (Lipinski definition) is 6. The number of nitrogens with one attached hydrogen (secondary N) is 1. The molecule has 2 aromatic carbocycles. The lowest BCUT2D eigenvalue weighted by Gasteiger charge is -2.26. The van der Waals surface area contributed by atoms with E-state index in [0.29, 0.717) is 43.9 Å². The first-order valence-electron chi connectivity index (χ1n) is 11.2. The fourth-order valence-corrected chi connectivity index (χ4v) is 4.55. The van der Waals surface area contributed by atoms with Gasteiger partial charge in [-0.3, -0.25) is 14.7 Å². The number of aromatic nitrogens is 2. The molecule has 0 aliphatic carbocycles. The summed E-state index contributed by atoms with van der Waals surface area (Å²) in [5.74, 6) is 0.375. The maximum absolute atomic E-state index is 13.3. The average Bonchev–Trinajstić information content (AvgIpc) is 3.41. The molecule has 3 aromatic rings. The van der Waals surface area contributed by atoms with Crippen LogP contribution in [0.15, 0.2) is 30.3 Å². The fraction of sp³-hybridized carbons (Fsp3) is 0.375. The normalized spacial score (nSPS) is 15.8. The van der Waals surface area contributed by atoms with Crippen LogP contribution in [0.25, 0.3) is 10.9 Å². The number of carbonyl (C=O) groups excluding carboxylic acids is 2. The van der Waals surface area contributed by atoms with Crippen LogP contribution in [0, 0.1) is 0 Å². The molecule has 1 saturated heterocycles. The molecule has 0 saturated carbocycles. The molecule has 9 heteroatoms. The molecule has 2 amide bonds. The van der Waals surface area contributed by atoms with Crippen LogP contribution in [-0.4, -0.2) is 61.8 Å². The molecule has 0 atom stereocenters. The van der Waals surface area contributed by atoms with Crippen LogP contribution >= 0.6 is 0 Å². The number of amides is 2. The molecule has 0 unspecified atom stereocenters. The molecule has 2 aliphatic heterocycles. The molecule has 3 N–H and O–H groups in total. The Morgan fingerprint density at radius 1 is 1.15 bits per heavy atom. The van der Waals surface area contributed by atoms with E-state index in [1.165, 1.54) is 6.07 Å². The molecule has 1 fully saturated rings. The molecule has 5 rings (SSSR count). The van der Waals surface area contributed by atoms with Crippen molar-refractivity contribution < 1.29 is 24.5 Å². The van der Waals surface area contributed by atoms with Crippen LogP contribution in [0.2, 0.25) is 0 Å².